The topological polar surface area (TPSA) is 47.0 Å². The molecule has 1 aliphatic heterocycles. The van der Waals surface area contributed by atoms with Crippen molar-refractivity contribution in [2.45, 2.75) is 0 Å². The van der Waals surface area contributed by atoms with Crippen molar-refractivity contribution >= 4 is 22.4 Å². The maximum Gasteiger partial charge on any atom is 0.170 e. The summed E-state index contributed by atoms with van der Waals surface area (Å²) in [6.45, 7) is 0. The van der Waals surface area contributed by atoms with Crippen molar-refractivity contribution < 1.29 is 4.74 Å². The first-order valence-electron chi connectivity index (χ1n) is 5.69. The zero-order valence-corrected chi connectivity index (χ0v) is 9.42. The largest absolute Gasteiger partial charge is 0.451 e. The number of ether oxygens (including phenoxy) is 1. The molecule has 0 saturated heterocycles. The van der Waals surface area contributed by atoms with E-state index in [0.29, 0.717) is 5.65 Å². The third kappa shape index (κ3) is 1.26. The Morgan fingerprint density at radius 2 is 1.89 bits per heavy atom. The Morgan fingerprint density at radius 1 is 0.944 bits per heavy atom. The van der Waals surface area contributed by atoms with E-state index in [1.54, 1.807) is 12.4 Å². The molecular formula is C14H9N3O. The van der Waals surface area contributed by atoms with Gasteiger partial charge in [-0.3, -0.25) is 0 Å². The van der Waals surface area contributed by atoms with Gasteiger partial charge in [0.15, 0.2) is 17.1 Å². The number of aromatic nitrogens is 2. The van der Waals surface area contributed by atoms with Crippen LogP contribution in [-0.2, 0) is 0 Å². The Kier molecular flexibility index (Phi) is 1.80. The molecule has 18 heavy (non-hydrogen) atoms. The summed E-state index contributed by atoms with van der Waals surface area (Å²) in [5, 5.41) is 4.34. The molecule has 4 heteroatoms. The number of rotatable bonds is 0. The summed E-state index contributed by atoms with van der Waals surface area (Å²) in [6, 6.07) is 11.7. The standard InChI is InChI=1S/C14H9N3O/c1-2-6-11-10(5-1)17-13-9-4-3-7-15-14(9)16-8-12(13)18-11/h1-8,17H. The summed E-state index contributed by atoms with van der Waals surface area (Å²) >= 11 is 0. The lowest BCUT2D eigenvalue weighted by molar-refractivity contribution is 0.480. The number of para-hydroxylation sites is 2. The van der Waals surface area contributed by atoms with Crippen molar-refractivity contribution in [3.8, 4) is 11.5 Å². The minimum atomic E-state index is 0.715. The molecule has 0 bridgehead atoms. The molecule has 3 aromatic rings. The van der Waals surface area contributed by atoms with Crippen LogP contribution in [0.25, 0.3) is 11.0 Å². The Morgan fingerprint density at radius 3 is 2.89 bits per heavy atom. The van der Waals surface area contributed by atoms with E-state index in [4.69, 9.17) is 4.74 Å². The van der Waals surface area contributed by atoms with Gasteiger partial charge in [-0.2, -0.15) is 0 Å². The molecule has 0 unspecified atom stereocenters. The molecule has 3 heterocycles. The fourth-order valence-corrected chi connectivity index (χ4v) is 2.13. The highest BCUT2D eigenvalue weighted by Crippen LogP contribution is 2.43. The van der Waals surface area contributed by atoms with Crippen LogP contribution < -0.4 is 10.1 Å². The molecule has 0 fully saturated rings. The average molecular weight is 235 g/mol. The summed E-state index contributed by atoms with van der Waals surface area (Å²) in [5.41, 5.74) is 2.60. The maximum absolute atomic E-state index is 5.83. The monoisotopic (exact) mass is 235 g/mol. The Labute approximate surface area is 103 Å². The quantitative estimate of drug-likeness (QED) is 0.507. The van der Waals surface area contributed by atoms with E-state index in [2.05, 4.69) is 15.3 Å². The number of nitrogens with zero attached hydrogens (tertiary/aromatic N) is 2. The van der Waals surface area contributed by atoms with Gasteiger partial charge in [-0.1, -0.05) is 12.1 Å². The van der Waals surface area contributed by atoms with Gasteiger partial charge in [0, 0.05) is 11.6 Å². The molecule has 0 aliphatic carbocycles. The predicted molar refractivity (Wildman–Crippen MR) is 69.3 cm³/mol. The zero-order valence-electron chi connectivity index (χ0n) is 9.42. The number of hydrogen-bond acceptors (Lipinski definition) is 4. The van der Waals surface area contributed by atoms with Crippen LogP contribution in [0.1, 0.15) is 0 Å². The molecule has 1 aromatic carbocycles. The summed E-state index contributed by atoms with van der Waals surface area (Å²) in [5.74, 6) is 1.55. The van der Waals surface area contributed by atoms with Gasteiger partial charge in [-0.25, -0.2) is 9.97 Å². The molecular weight excluding hydrogens is 226 g/mol. The summed E-state index contributed by atoms with van der Waals surface area (Å²) in [4.78, 5) is 8.53. The number of fused-ring (bicyclic) bond motifs is 4. The van der Waals surface area contributed by atoms with E-state index in [1.807, 2.05) is 36.4 Å². The van der Waals surface area contributed by atoms with Crippen molar-refractivity contribution in [1.29, 1.82) is 0 Å². The van der Waals surface area contributed by atoms with E-state index in [1.165, 1.54) is 0 Å². The fraction of sp³-hybridized carbons (Fsp3) is 0. The highest BCUT2D eigenvalue weighted by atomic mass is 16.5. The van der Waals surface area contributed by atoms with Gasteiger partial charge in [0.1, 0.15) is 0 Å². The SMILES string of the molecule is c1ccc2c(c1)Nc1c(cnc3ncccc13)O2. The molecule has 1 N–H and O–H groups in total. The van der Waals surface area contributed by atoms with Gasteiger partial charge >= 0.3 is 0 Å². The molecule has 4 rings (SSSR count). The van der Waals surface area contributed by atoms with Crippen LogP contribution in [0.2, 0.25) is 0 Å². The van der Waals surface area contributed by atoms with Gasteiger partial charge in [0.25, 0.3) is 0 Å². The Bertz CT molecular complexity index is 755. The van der Waals surface area contributed by atoms with Gasteiger partial charge < -0.3 is 10.1 Å². The van der Waals surface area contributed by atoms with E-state index >= 15 is 0 Å². The normalized spacial score (nSPS) is 12.2. The first-order chi connectivity index (χ1) is 8.92. The second-order valence-electron chi connectivity index (χ2n) is 4.10. The molecule has 0 spiro atoms. The van der Waals surface area contributed by atoms with Crippen LogP contribution >= 0.6 is 0 Å². The van der Waals surface area contributed by atoms with Crippen LogP contribution in [0.3, 0.4) is 0 Å². The van der Waals surface area contributed by atoms with Crippen molar-refractivity contribution in [2.75, 3.05) is 5.32 Å². The molecule has 0 radical (unpaired) electrons. The molecule has 2 aromatic heterocycles. The van der Waals surface area contributed by atoms with Crippen LogP contribution in [0, 0.1) is 0 Å². The third-order valence-corrected chi connectivity index (χ3v) is 2.97. The summed E-state index contributed by atoms with van der Waals surface area (Å²) in [7, 11) is 0. The van der Waals surface area contributed by atoms with Gasteiger partial charge in [-0.05, 0) is 24.3 Å². The van der Waals surface area contributed by atoms with E-state index in [9.17, 15) is 0 Å². The smallest absolute Gasteiger partial charge is 0.170 e. The van der Waals surface area contributed by atoms with E-state index < -0.39 is 0 Å². The van der Waals surface area contributed by atoms with Gasteiger partial charge in [-0.15, -0.1) is 0 Å². The lowest BCUT2D eigenvalue weighted by Crippen LogP contribution is -2.04. The highest BCUT2D eigenvalue weighted by Gasteiger charge is 2.18. The predicted octanol–water partition coefficient (Wildman–Crippen LogP) is 3.48. The fourth-order valence-electron chi connectivity index (χ4n) is 2.13. The lowest BCUT2D eigenvalue weighted by atomic mass is 10.2. The lowest BCUT2D eigenvalue weighted by Gasteiger charge is -2.22. The molecule has 1 aliphatic rings. The number of pyridine rings is 2. The molecule has 0 amide bonds. The van der Waals surface area contributed by atoms with Crippen LogP contribution in [0.5, 0.6) is 11.5 Å². The first-order valence-corrected chi connectivity index (χ1v) is 5.69. The van der Waals surface area contributed by atoms with E-state index in [0.717, 1.165) is 28.3 Å². The van der Waals surface area contributed by atoms with E-state index in [-0.39, 0.29) is 0 Å². The van der Waals surface area contributed by atoms with Gasteiger partial charge in [0.2, 0.25) is 0 Å². The maximum atomic E-state index is 5.83. The van der Waals surface area contributed by atoms with Gasteiger partial charge in [0.05, 0.1) is 17.6 Å². The Balaban J connectivity index is 1.98. The summed E-state index contributed by atoms with van der Waals surface area (Å²) in [6.07, 6.45) is 3.44. The molecule has 4 nitrogen and oxygen atoms in total. The molecule has 86 valence electrons. The first kappa shape index (κ1) is 9.41. The van der Waals surface area contributed by atoms with Crippen molar-refractivity contribution in [2.24, 2.45) is 0 Å². The molecule has 0 saturated carbocycles. The number of hydrogen-bond donors (Lipinski definition) is 1. The third-order valence-electron chi connectivity index (χ3n) is 2.97. The second-order valence-corrected chi connectivity index (χ2v) is 4.10. The van der Waals surface area contributed by atoms with Crippen molar-refractivity contribution in [1.82, 2.24) is 9.97 Å². The number of benzene rings is 1. The highest BCUT2D eigenvalue weighted by molar-refractivity contribution is 5.96. The molecule has 0 atom stereocenters. The number of nitrogens with one attached hydrogen (secondary N) is 1. The van der Waals surface area contributed by atoms with Crippen LogP contribution in [0.15, 0.2) is 48.8 Å². The zero-order chi connectivity index (χ0) is 11.9. The minimum absolute atomic E-state index is 0.715. The van der Waals surface area contributed by atoms with Crippen molar-refractivity contribution in [3.05, 3.63) is 48.8 Å². The second kappa shape index (κ2) is 3.43. The minimum Gasteiger partial charge on any atom is -0.451 e. The summed E-state index contributed by atoms with van der Waals surface area (Å²) < 4.78 is 5.83. The van der Waals surface area contributed by atoms with Crippen LogP contribution in [0.4, 0.5) is 11.4 Å². The van der Waals surface area contributed by atoms with Crippen molar-refractivity contribution in [3.63, 3.8) is 0 Å². The Hall–Kier alpha value is -2.62. The number of anilines is 2. The average Bonchev–Trinajstić information content (AvgIpc) is 2.45. The van der Waals surface area contributed by atoms with Crippen LogP contribution in [-0.4, -0.2) is 9.97 Å².